The van der Waals surface area contributed by atoms with Crippen LogP contribution in [0.3, 0.4) is 0 Å². The molecule has 0 spiro atoms. The lowest BCUT2D eigenvalue weighted by molar-refractivity contribution is -0.119. The van der Waals surface area contributed by atoms with Gasteiger partial charge in [-0.1, -0.05) is 23.7 Å². The summed E-state index contributed by atoms with van der Waals surface area (Å²) in [5.41, 5.74) is 0. The molecule has 0 saturated carbocycles. The Balaban J connectivity index is 1.78. The molecule has 124 valence electrons. The van der Waals surface area contributed by atoms with Gasteiger partial charge in [0.15, 0.2) is 0 Å². The van der Waals surface area contributed by atoms with Gasteiger partial charge < -0.3 is 4.74 Å². The maximum Gasteiger partial charge on any atom is 0.267 e. The normalized spacial score (nSPS) is 11.2. The first-order chi connectivity index (χ1) is 10.9. The van der Waals surface area contributed by atoms with Crippen molar-refractivity contribution in [2.75, 3.05) is 6.61 Å². The van der Waals surface area contributed by atoms with Crippen molar-refractivity contribution in [3.63, 3.8) is 0 Å². The summed E-state index contributed by atoms with van der Waals surface area (Å²) in [5, 5.41) is 4.24. The molecule has 0 aliphatic rings. The average molecular weight is 358 g/mol. The Morgan fingerprint density at radius 2 is 2.13 bits per heavy atom. The van der Waals surface area contributed by atoms with Crippen LogP contribution in [-0.4, -0.2) is 30.7 Å². The largest absolute Gasteiger partial charge is 0.492 e. The number of nitrogens with zero attached hydrogens (tertiary/aromatic N) is 2. The molecule has 0 aliphatic heterocycles. The second kappa shape index (κ2) is 7.47. The van der Waals surface area contributed by atoms with Crippen molar-refractivity contribution in [3.8, 4) is 5.75 Å². The van der Waals surface area contributed by atoms with Gasteiger partial charge in [0.1, 0.15) is 10.6 Å². The summed E-state index contributed by atoms with van der Waals surface area (Å²) >= 11 is 5.93. The van der Waals surface area contributed by atoms with E-state index in [2.05, 4.69) is 5.10 Å². The molecular weight excluding hydrogens is 342 g/mol. The van der Waals surface area contributed by atoms with Crippen molar-refractivity contribution in [1.82, 2.24) is 14.5 Å². The molecular formula is C14H16ClN3O4S. The van der Waals surface area contributed by atoms with Gasteiger partial charge in [-0.25, -0.2) is 13.1 Å². The lowest BCUT2D eigenvalue weighted by Crippen LogP contribution is -2.30. The smallest absolute Gasteiger partial charge is 0.267 e. The van der Waals surface area contributed by atoms with Gasteiger partial charge in [-0.15, -0.1) is 0 Å². The van der Waals surface area contributed by atoms with E-state index in [0.29, 0.717) is 17.2 Å². The molecule has 23 heavy (non-hydrogen) atoms. The first-order valence-corrected chi connectivity index (χ1v) is 8.66. The van der Waals surface area contributed by atoms with E-state index in [0.717, 1.165) is 0 Å². The molecule has 1 aromatic heterocycles. The summed E-state index contributed by atoms with van der Waals surface area (Å²) < 4.78 is 32.6. The van der Waals surface area contributed by atoms with E-state index in [4.69, 9.17) is 16.3 Å². The monoisotopic (exact) mass is 357 g/mol. The van der Waals surface area contributed by atoms with Crippen LogP contribution in [0.4, 0.5) is 0 Å². The average Bonchev–Trinajstić information content (AvgIpc) is 2.92. The molecule has 0 fully saturated rings. The maximum atomic E-state index is 11.9. The molecule has 2 rings (SSSR count). The second-order valence-corrected chi connectivity index (χ2v) is 6.85. The number of para-hydroxylation sites is 1. The van der Waals surface area contributed by atoms with Crippen LogP contribution in [0.25, 0.3) is 0 Å². The van der Waals surface area contributed by atoms with Gasteiger partial charge in [-0.05, 0) is 18.6 Å². The number of ether oxygens (including phenoxy) is 1. The molecule has 1 amide bonds. The Bertz CT molecular complexity index is 789. The Morgan fingerprint density at radius 1 is 1.39 bits per heavy atom. The zero-order valence-electron chi connectivity index (χ0n) is 12.4. The van der Waals surface area contributed by atoms with Crippen molar-refractivity contribution in [1.29, 1.82) is 0 Å². The van der Waals surface area contributed by atoms with Crippen LogP contribution in [0.1, 0.15) is 12.8 Å². The molecule has 0 unspecified atom stereocenters. The van der Waals surface area contributed by atoms with Gasteiger partial charge in [0, 0.05) is 19.7 Å². The number of aromatic nitrogens is 2. The van der Waals surface area contributed by atoms with Crippen LogP contribution in [-0.2, 0) is 21.9 Å². The van der Waals surface area contributed by atoms with Gasteiger partial charge >= 0.3 is 0 Å². The third-order valence-corrected chi connectivity index (χ3v) is 4.52. The fraction of sp³-hybridized carbons (Fsp3) is 0.286. The predicted octanol–water partition coefficient (Wildman–Crippen LogP) is 1.74. The number of amides is 1. The zero-order chi connectivity index (χ0) is 16.9. The Labute approximate surface area is 139 Å². The minimum Gasteiger partial charge on any atom is -0.492 e. The van der Waals surface area contributed by atoms with E-state index in [-0.39, 0.29) is 17.9 Å². The molecule has 0 radical (unpaired) electrons. The van der Waals surface area contributed by atoms with E-state index in [1.165, 1.54) is 17.1 Å². The number of aryl methyl sites for hydroxylation is 1. The summed E-state index contributed by atoms with van der Waals surface area (Å²) in [5.74, 6) is -0.0748. The second-order valence-electron chi connectivity index (χ2n) is 4.76. The van der Waals surface area contributed by atoms with Crippen molar-refractivity contribution >= 4 is 27.5 Å². The van der Waals surface area contributed by atoms with Crippen LogP contribution in [0.2, 0.25) is 5.02 Å². The summed E-state index contributed by atoms with van der Waals surface area (Å²) in [4.78, 5) is 11.7. The van der Waals surface area contributed by atoms with Crippen LogP contribution < -0.4 is 9.46 Å². The third-order valence-electron chi connectivity index (χ3n) is 2.88. The number of hydrogen-bond acceptors (Lipinski definition) is 5. The SMILES string of the molecule is Cn1cc(S(=O)(=O)NC(=O)CCCOc2ccccc2Cl)cn1. The fourth-order valence-electron chi connectivity index (χ4n) is 1.77. The number of sulfonamides is 1. The number of rotatable bonds is 7. The molecule has 0 saturated heterocycles. The van der Waals surface area contributed by atoms with Gasteiger partial charge in [0.25, 0.3) is 10.0 Å². The number of carbonyl (C=O) groups is 1. The number of hydrogen-bond donors (Lipinski definition) is 1. The Hall–Kier alpha value is -2.06. The number of nitrogens with one attached hydrogen (secondary N) is 1. The summed E-state index contributed by atoms with van der Waals surface area (Å²) in [7, 11) is -2.29. The van der Waals surface area contributed by atoms with Gasteiger partial charge in [0.2, 0.25) is 5.91 Å². The highest BCUT2D eigenvalue weighted by molar-refractivity contribution is 7.90. The van der Waals surface area contributed by atoms with Crippen molar-refractivity contribution in [2.45, 2.75) is 17.7 Å². The molecule has 0 atom stereocenters. The molecule has 1 aromatic carbocycles. The van der Waals surface area contributed by atoms with E-state index in [1.807, 2.05) is 4.72 Å². The van der Waals surface area contributed by atoms with Gasteiger partial charge in [-0.3, -0.25) is 9.48 Å². The summed E-state index contributed by atoms with van der Waals surface area (Å²) in [6.07, 6.45) is 2.87. The fourth-order valence-corrected chi connectivity index (χ4v) is 2.96. The minimum atomic E-state index is -3.88. The highest BCUT2D eigenvalue weighted by Gasteiger charge is 2.18. The maximum absolute atomic E-state index is 11.9. The molecule has 9 heteroatoms. The van der Waals surface area contributed by atoms with Crippen molar-refractivity contribution in [3.05, 3.63) is 41.7 Å². The van der Waals surface area contributed by atoms with Crippen LogP contribution in [0.5, 0.6) is 5.75 Å². The van der Waals surface area contributed by atoms with Gasteiger partial charge in [0.05, 0.1) is 17.8 Å². The quantitative estimate of drug-likeness (QED) is 0.762. The van der Waals surface area contributed by atoms with Crippen LogP contribution in [0.15, 0.2) is 41.6 Å². The lowest BCUT2D eigenvalue weighted by Gasteiger charge is -2.08. The van der Waals surface area contributed by atoms with Crippen LogP contribution >= 0.6 is 11.6 Å². The Morgan fingerprint density at radius 3 is 2.78 bits per heavy atom. The van der Waals surface area contributed by atoms with Gasteiger partial charge in [-0.2, -0.15) is 5.10 Å². The van der Waals surface area contributed by atoms with E-state index in [1.54, 1.807) is 31.3 Å². The topological polar surface area (TPSA) is 90.3 Å². The lowest BCUT2D eigenvalue weighted by atomic mass is 10.3. The number of benzene rings is 1. The van der Waals surface area contributed by atoms with Crippen LogP contribution in [0, 0.1) is 0 Å². The molecule has 0 aliphatic carbocycles. The molecule has 1 heterocycles. The molecule has 0 bridgehead atoms. The third kappa shape index (κ3) is 4.97. The zero-order valence-corrected chi connectivity index (χ0v) is 14.0. The molecule has 1 N–H and O–H groups in total. The molecule has 7 nitrogen and oxygen atoms in total. The highest BCUT2D eigenvalue weighted by Crippen LogP contribution is 2.23. The predicted molar refractivity (Wildman–Crippen MR) is 84.7 cm³/mol. The van der Waals surface area contributed by atoms with E-state index in [9.17, 15) is 13.2 Å². The number of halogens is 1. The summed E-state index contributed by atoms with van der Waals surface area (Å²) in [6, 6.07) is 6.99. The summed E-state index contributed by atoms with van der Waals surface area (Å²) in [6.45, 7) is 0.254. The standard InChI is InChI=1S/C14H16ClN3O4S/c1-18-10-11(9-16-18)23(20,21)17-14(19)7-4-8-22-13-6-3-2-5-12(13)15/h2-3,5-6,9-10H,4,7-8H2,1H3,(H,17,19). The number of carbonyl (C=O) groups excluding carboxylic acids is 1. The minimum absolute atomic E-state index is 0.0178. The first kappa shape index (κ1) is 17.3. The highest BCUT2D eigenvalue weighted by atomic mass is 35.5. The van der Waals surface area contributed by atoms with Crippen molar-refractivity contribution in [2.24, 2.45) is 7.05 Å². The Kier molecular flexibility index (Phi) is 5.62. The molecule has 2 aromatic rings. The van der Waals surface area contributed by atoms with E-state index < -0.39 is 15.9 Å². The first-order valence-electron chi connectivity index (χ1n) is 6.80. The van der Waals surface area contributed by atoms with E-state index >= 15 is 0 Å². The van der Waals surface area contributed by atoms with Crippen molar-refractivity contribution < 1.29 is 17.9 Å².